The van der Waals surface area contributed by atoms with Crippen LogP contribution in [0.5, 0.6) is 0 Å². The molecule has 0 aliphatic heterocycles. The van der Waals surface area contributed by atoms with Gasteiger partial charge in [0.05, 0.1) is 11.4 Å². The van der Waals surface area contributed by atoms with Crippen molar-refractivity contribution in [1.29, 1.82) is 0 Å². The lowest BCUT2D eigenvalue weighted by Crippen LogP contribution is -1.71. The molecule has 0 radical (unpaired) electrons. The van der Waals surface area contributed by atoms with Gasteiger partial charge in [-0.1, -0.05) is 19.9 Å². The lowest BCUT2D eigenvalue weighted by molar-refractivity contribution is 1.41. The smallest absolute Gasteiger partial charge is 0.0881 e. The molecule has 70 valence electrons. The molecule has 0 saturated carbocycles. The molecule has 0 N–H and O–H groups in total. The zero-order valence-electron chi connectivity index (χ0n) is 8.54. The molecule has 2 nitrogen and oxygen atoms in total. The van der Waals surface area contributed by atoms with Crippen LogP contribution in [0.1, 0.15) is 19.4 Å². The number of aryl methyl sites for hydroxylation is 1. The first-order chi connectivity index (χ1) is 6.27. The molecule has 0 aromatic heterocycles. The van der Waals surface area contributed by atoms with Gasteiger partial charge < -0.3 is 0 Å². The Kier molecular flexibility index (Phi) is 5.44. The molecule has 0 aliphatic rings. The van der Waals surface area contributed by atoms with E-state index in [9.17, 15) is 0 Å². The fourth-order valence-corrected chi connectivity index (χ4v) is 0.894. The van der Waals surface area contributed by atoms with Crippen LogP contribution in [0.3, 0.4) is 0 Å². The molecular weight excluding hydrogens is 160 g/mol. The highest BCUT2D eigenvalue weighted by molar-refractivity contribution is 5.67. The molecule has 0 saturated heterocycles. The number of hydrogen-bond donors (Lipinski definition) is 0. The maximum absolute atomic E-state index is 3.82. The SMILES string of the molecule is C=Nc1ccc(C)cc1N=C.CC. The van der Waals surface area contributed by atoms with Crippen molar-refractivity contribution < 1.29 is 0 Å². The molecule has 0 aliphatic carbocycles. The molecule has 2 heteroatoms. The largest absolute Gasteiger partial charge is 0.262 e. The van der Waals surface area contributed by atoms with Crippen LogP contribution in [-0.4, -0.2) is 13.4 Å². The van der Waals surface area contributed by atoms with E-state index >= 15 is 0 Å². The van der Waals surface area contributed by atoms with Crippen molar-refractivity contribution in [1.82, 2.24) is 0 Å². The highest BCUT2D eigenvalue weighted by Gasteiger charge is 1.96. The minimum Gasteiger partial charge on any atom is -0.262 e. The molecule has 0 spiro atoms. The fraction of sp³-hybridized carbons (Fsp3) is 0.273. The van der Waals surface area contributed by atoms with Gasteiger partial charge in [0.15, 0.2) is 0 Å². The van der Waals surface area contributed by atoms with E-state index in [0.717, 1.165) is 16.9 Å². The molecule has 0 bridgehead atoms. The molecule has 0 fully saturated rings. The lowest BCUT2D eigenvalue weighted by Gasteiger charge is -1.99. The Labute approximate surface area is 80.1 Å². The topological polar surface area (TPSA) is 24.7 Å². The van der Waals surface area contributed by atoms with Crippen LogP contribution in [0, 0.1) is 6.92 Å². The number of nitrogens with zero attached hydrogens (tertiary/aromatic N) is 2. The van der Waals surface area contributed by atoms with Gasteiger partial charge in [-0.2, -0.15) is 0 Å². The van der Waals surface area contributed by atoms with Gasteiger partial charge in [0.25, 0.3) is 0 Å². The van der Waals surface area contributed by atoms with Crippen molar-refractivity contribution in [3.05, 3.63) is 23.8 Å². The van der Waals surface area contributed by atoms with Gasteiger partial charge in [-0.15, -0.1) is 0 Å². The van der Waals surface area contributed by atoms with Crippen LogP contribution in [-0.2, 0) is 0 Å². The Hall–Kier alpha value is -1.44. The molecule has 0 heterocycles. The fourth-order valence-electron chi connectivity index (χ4n) is 0.894. The van der Waals surface area contributed by atoms with E-state index in [2.05, 4.69) is 23.4 Å². The standard InChI is InChI=1S/C9H10N2.C2H6/c1-7-4-5-8(10-2)9(6-7)11-3;1-2/h4-6H,2-3H2,1H3;1-2H3. The predicted molar refractivity (Wildman–Crippen MR) is 60.9 cm³/mol. The zero-order valence-corrected chi connectivity index (χ0v) is 8.54. The van der Waals surface area contributed by atoms with Crippen LogP contribution >= 0.6 is 0 Å². The number of rotatable bonds is 2. The highest BCUT2D eigenvalue weighted by Crippen LogP contribution is 2.27. The monoisotopic (exact) mass is 176 g/mol. The molecule has 0 amide bonds. The average Bonchev–Trinajstić information content (AvgIpc) is 2.20. The van der Waals surface area contributed by atoms with Crippen LogP contribution in [0.4, 0.5) is 11.4 Å². The predicted octanol–water partition coefficient (Wildman–Crippen LogP) is 3.69. The van der Waals surface area contributed by atoms with E-state index in [1.807, 2.05) is 39.0 Å². The van der Waals surface area contributed by atoms with Crippen molar-refractivity contribution in [2.24, 2.45) is 9.98 Å². The summed E-state index contributed by atoms with van der Waals surface area (Å²) in [5.41, 5.74) is 2.73. The van der Waals surface area contributed by atoms with E-state index in [1.165, 1.54) is 0 Å². The molecule has 0 atom stereocenters. The van der Waals surface area contributed by atoms with Gasteiger partial charge in [-0.25, -0.2) is 0 Å². The summed E-state index contributed by atoms with van der Waals surface area (Å²) < 4.78 is 0. The number of aliphatic imine (C=N–C) groups is 2. The maximum atomic E-state index is 3.82. The van der Waals surface area contributed by atoms with E-state index in [-0.39, 0.29) is 0 Å². The first kappa shape index (κ1) is 11.6. The molecule has 13 heavy (non-hydrogen) atoms. The minimum atomic E-state index is 0.783. The Morgan fingerprint density at radius 1 is 1.00 bits per heavy atom. The summed E-state index contributed by atoms with van der Waals surface area (Å²) >= 11 is 0. The summed E-state index contributed by atoms with van der Waals surface area (Å²) in [6.07, 6.45) is 0. The Morgan fingerprint density at radius 3 is 2.00 bits per heavy atom. The second-order valence-corrected chi connectivity index (χ2v) is 2.31. The molecular formula is C11H16N2. The summed E-state index contributed by atoms with van der Waals surface area (Å²) in [5, 5.41) is 0. The summed E-state index contributed by atoms with van der Waals surface area (Å²) in [7, 11) is 0. The van der Waals surface area contributed by atoms with Crippen molar-refractivity contribution >= 4 is 24.8 Å². The summed E-state index contributed by atoms with van der Waals surface area (Å²) in [5.74, 6) is 0. The normalized spacial score (nSPS) is 8.23. The van der Waals surface area contributed by atoms with Crippen molar-refractivity contribution in [3.63, 3.8) is 0 Å². The average molecular weight is 176 g/mol. The minimum absolute atomic E-state index is 0.783. The quantitative estimate of drug-likeness (QED) is 0.614. The molecule has 0 unspecified atom stereocenters. The van der Waals surface area contributed by atoms with Gasteiger partial charge in [0.2, 0.25) is 0 Å². The van der Waals surface area contributed by atoms with E-state index in [1.54, 1.807) is 0 Å². The van der Waals surface area contributed by atoms with Gasteiger partial charge >= 0.3 is 0 Å². The third-order valence-electron chi connectivity index (χ3n) is 1.47. The summed E-state index contributed by atoms with van der Waals surface area (Å²) in [6, 6.07) is 5.78. The van der Waals surface area contributed by atoms with Crippen molar-refractivity contribution in [3.8, 4) is 0 Å². The second-order valence-electron chi connectivity index (χ2n) is 2.31. The zero-order chi connectivity index (χ0) is 10.3. The van der Waals surface area contributed by atoms with Crippen LogP contribution < -0.4 is 0 Å². The number of hydrogen-bond acceptors (Lipinski definition) is 2. The van der Waals surface area contributed by atoms with Gasteiger partial charge in [-0.05, 0) is 38.1 Å². The Morgan fingerprint density at radius 2 is 1.54 bits per heavy atom. The van der Waals surface area contributed by atoms with Crippen LogP contribution in [0.15, 0.2) is 28.2 Å². The van der Waals surface area contributed by atoms with Crippen LogP contribution in [0.25, 0.3) is 0 Å². The first-order valence-electron chi connectivity index (χ1n) is 4.32. The molecule has 1 aromatic rings. The Bertz CT molecular complexity index is 290. The lowest BCUT2D eigenvalue weighted by atomic mass is 10.2. The van der Waals surface area contributed by atoms with Crippen molar-refractivity contribution in [2.45, 2.75) is 20.8 Å². The maximum Gasteiger partial charge on any atom is 0.0881 e. The molecule has 1 rings (SSSR count). The number of benzene rings is 1. The highest BCUT2D eigenvalue weighted by atomic mass is 14.8. The Balaban J connectivity index is 0.000000671. The summed E-state index contributed by atoms with van der Waals surface area (Å²) in [6.45, 7) is 12.9. The van der Waals surface area contributed by atoms with E-state index in [0.29, 0.717) is 0 Å². The van der Waals surface area contributed by atoms with Gasteiger partial charge in [0, 0.05) is 0 Å². The van der Waals surface area contributed by atoms with E-state index < -0.39 is 0 Å². The van der Waals surface area contributed by atoms with Crippen molar-refractivity contribution in [2.75, 3.05) is 0 Å². The third-order valence-corrected chi connectivity index (χ3v) is 1.47. The molecule has 1 aromatic carbocycles. The third kappa shape index (κ3) is 3.20. The van der Waals surface area contributed by atoms with Gasteiger partial charge in [0.1, 0.15) is 0 Å². The van der Waals surface area contributed by atoms with Crippen LogP contribution in [0.2, 0.25) is 0 Å². The van der Waals surface area contributed by atoms with Gasteiger partial charge in [-0.3, -0.25) is 9.98 Å². The summed E-state index contributed by atoms with van der Waals surface area (Å²) in [4.78, 5) is 7.62. The first-order valence-corrected chi connectivity index (χ1v) is 4.32. The second kappa shape index (κ2) is 6.12. The van der Waals surface area contributed by atoms with E-state index in [4.69, 9.17) is 0 Å².